The van der Waals surface area contributed by atoms with Crippen molar-refractivity contribution in [3.05, 3.63) is 28.0 Å². The molecule has 3 nitrogen and oxygen atoms in total. The Labute approximate surface area is 132 Å². The molecule has 0 unspecified atom stereocenters. The maximum atomic E-state index is 10.7. The average Bonchev–Trinajstić information content (AvgIpc) is 2.84. The van der Waals surface area contributed by atoms with Crippen LogP contribution < -0.4 is 0 Å². The lowest BCUT2D eigenvalue weighted by Crippen LogP contribution is -2.36. The number of hydrogen-bond acceptors (Lipinski definition) is 3. The highest BCUT2D eigenvalue weighted by atomic mass is 32.1. The minimum atomic E-state index is -0.897. The maximum Gasteiger partial charge on any atom is 0.328 e. The van der Waals surface area contributed by atoms with Crippen LogP contribution in [0.5, 0.6) is 0 Å². The molecule has 0 saturated heterocycles. The van der Waals surface area contributed by atoms with E-state index in [9.17, 15) is 4.79 Å². The molecular formula is C17H27NO2S. The van der Waals surface area contributed by atoms with E-state index in [0.717, 1.165) is 31.5 Å². The highest BCUT2D eigenvalue weighted by molar-refractivity contribution is 7.10. The van der Waals surface area contributed by atoms with Gasteiger partial charge in [-0.05, 0) is 41.8 Å². The lowest BCUT2D eigenvalue weighted by atomic mass is 10.1. The first-order valence-electron chi connectivity index (χ1n) is 7.69. The molecule has 1 aromatic heterocycles. The van der Waals surface area contributed by atoms with Crippen LogP contribution in [0.2, 0.25) is 0 Å². The van der Waals surface area contributed by atoms with E-state index in [2.05, 4.69) is 32.6 Å². The second kappa shape index (κ2) is 9.00. The lowest BCUT2D eigenvalue weighted by molar-refractivity contribution is -0.131. The van der Waals surface area contributed by atoms with Gasteiger partial charge in [0.05, 0.1) is 0 Å². The SMILES string of the molecule is CCC(CC)N(Cc1sccc1C=CC(=O)O)CC(C)C. The Morgan fingerprint density at radius 1 is 1.38 bits per heavy atom. The highest BCUT2D eigenvalue weighted by Crippen LogP contribution is 2.23. The number of carboxylic acids is 1. The first kappa shape index (κ1) is 17.9. The minimum absolute atomic E-state index is 0.589. The summed E-state index contributed by atoms with van der Waals surface area (Å²) in [7, 11) is 0. The van der Waals surface area contributed by atoms with Gasteiger partial charge in [0, 0.05) is 30.1 Å². The molecule has 21 heavy (non-hydrogen) atoms. The summed E-state index contributed by atoms with van der Waals surface area (Å²) in [4.78, 5) is 14.5. The molecule has 0 bridgehead atoms. The van der Waals surface area contributed by atoms with Gasteiger partial charge in [-0.3, -0.25) is 4.90 Å². The van der Waals surface area contributed by atoms with Gasteiger partial charge in [0.1, 0.15) is 0 Å². The van der Waals surface area contributed by atoms with Gasteiger partial charge in [0.15, 0.2) is 0 Å². The quantitative estimate of drug-likeness (QED) is 0.683. The van der Waals surface area contributed by atoms with Gasteiger partial charge in [-0.15, -0.1) is 11.3 Å². The van der Waals surface area contributed by atoms with Crippen molar-refractivity contribution in [2.75, 3.05) is 6.54 Å². The number of nitrogens with zero attached hydrogens (tertiary/aromatic N) is 1. The second-order valence-corrected chi connectivity index (χ2v) is 6.76. The van der Waals surface area contributed by atoms with Crippen LogP contribution in [-0.2, 0) is 11.3 Å². The van der Waals surface area contributed by atoms with Crippen LogP contribution in [0, 0.1) is 5.92 Å². The van der Waals surface area contributed by atoms with Crippen LogP contribution in [-0.4, -0.2) is 28.6 Å². The van der Waals surface area contributed by atoms with Gasteiger partial charge in [-0.2, -0.15) is 0 Å². The van der Waals surface area contributed by atoms with Crippen molar-refractivity contribution in [3.8, 4) is 0 Å². The molecule has 4 heteroatoms. The fourth-order valence-corrected chi connectivity index (χ4v) is 3.48. The van der Waals surface area contributed by atoms with E-state index in [4.69, 9.17) is 5.11 Å². The van der Waals surface area contributed by atoms with Crippen molar-refractivity contribution in [2.45, 2.75) is 53.1 Å². The summed E-state index contributed by atoms with van der Waals surface area (Å²) in [6.45, 7) is 10.9. The highest BCUT2D eigenvalue weighted by Gasteiger charge is 2.18. The van der Waals surface area contributed by atoms with Gasteiger partial charge in [0.2, 0.25) is 0 Å². The zero-order valence-corrected chi connectivity index (χ0v) is 14.3. The number of hydrogen-bond donors (Lipinski definition) is 1. The number of carboxylic acid groups (broad SMARTS) is 1. The van der Waals surface area contributed by atoms with Gasteiger partial charge < -0.3 is 5.11 Å². The molecule has 0 aromatic carbocycles. The van der Waals surface area contributed by atoms with Crippen LogP contribution in [0.25, 0.3) is 6.08 Å². The van der Waals surface area contributed by atoms with E-state index in [1.54, 1.807) is 17.4 Å². The lowest BCUT2D eigenvalue weighted by Gasteiger charge is -2.31. The number of carbonyl (C=O) groups is 1. The summed E-state index contributed by atoms with van der Waals surface area (Å²) in [6, 6.07) is 2.59. The molecule has 1 aromatic rings. The maximum absolute atomic E-state index is 10.7. The van der Waals surface area contributed by atoms with Crippen LogP contribution >= 0.6 is 11.3 Å². The van der Waals surface area contributed by atoms with Gasteiger partial charge >= 0.3 is 5.97 Å². The smallest absolute Gasteiger partial charge is 0.328 e. The molecule has 0 atom stereocenters. The first-order valence-corrected chi connectivity index (χ1v) is 8.57. The average molecular weight is 309 g/mol. The van der Waals surface area contributed by atoms with Crippen molar-refractivity contribution in [1.82, 2.24) is 4.90 Å². The van der Waals surface area contributed by atoms with E-state index in [1.807, 2.05) is 11.4 Å². The molecule has 0 aliphatic heterocycles. The third kappa shape index (κ3) is 6.02. The molecule has 0 aliphatic rings. The Kier molecular flexibility index (Phi) is 7.68. The number of aliphatic carboxylic acids is 1. The molecule has 118 valence electrons. The summed E-state index contributed by atoms with van der Waals surface area (Å²) in [5.41, 5.74) is 1.03. The molecule has 0 fully saturated rings. The second-order valence-electron chi connectivity index (χ2n) is 5.76. The first-order chi connectivity index (χ1) is 9.97. The Balaban J connectivity index is 2.88. The summed E-state index contributed by atoms with van der Waals surface area (Å²) < 4.78 is 0. The number of thiophene rings is 1. The van der Waals surface area contributed by atoms with Crippen molar-refractivity contribution >= 4 is 23.4 Å². The summed E-state index contributed by atoms with van der Waals surface area (Å²) in [6.07, 6.45) is 5.22. The summed E-state index contributed by atoms with van der Waals surface area (Å²) >= 11 is 1.71. The summed E-state index contributed by atoms with van der Waals surface area (Å²) in [5, 5.41) is 10.8. The monoisotopic (exact) mass is 309 g/mol. The van der Waals surface area contributed by atoms with E-state index in [1.165, 1.54) is 11.0 Å². The normalized spacial score (nSPS) is 12.1. The standard InChI is InChI=1S/C17H27NO2S/c1-5-15(6-2)18(11-13(3)4)12-16-14(9-10-21-16)7-8-17(19)20/h7-10,13,15H,5-6,11-12H2,1-4H3,(H,19,20). The van der Waals surface area contributed by atoms with Gasteiger partial charge in [-0.1, -0.05) is 27.7 Å². The molecular weight excluding hydrogens is 282 g/mol. The van der Waals surface area contributed by atoms with Crippen LogP contribution in [0.3, 0.4) is 0 Å². The predicted molar refractivity (Wildman–Crippen MR) is 90.6 cm³/mol. The third-order valence-electron chi connectivity index (χ3n) is 3.59. The van der Waals surface area contributed by atoms with Gasteiger partial charge in [0.25, 0.3) is 0 Å². The summed E-state index contributed by atoms with van der Waals surface area (Å²) in [5.74, 6) is -0.269. The Morgan fingerprint density at radius 2 is 2.05 bits per heavy atom. The molecule has 0 saturated carbocycles. The molecule has 0 amide bonds. The largest absolute Gasteiger partial charge is 0.478 e. The Hall–Kier alpha value is -1.13. The van der Waals surface area contributed by atoms with Crippen LogP contribution in [0.4, 0.5) is 0 Å². The van der Waals surface area contributed by atoms with E-state index in [0.29, 0.717) is 12.0 Å². The Morgan fingerprint density at radius 3 is 2.57 bits per heavy atom. The van der Waals surface area contributed by atoms with Crippen molar-refractivity contribution in [1.29, 1.82) is 0 Å². The van der Waals surface area contributed by atoms with E-state index in [-0.39, 0.29) is 0 Å². The van der Waals surface area contributed by atoms with Crippen molar-refractivity contribution < 1.29 is 9.90 Å². The van der Waals surface area contributed by atoms with E-state index < -0.39 is 5.97 Å². The van der Waals surface area contributed by atoms with Crippen molar-refractivity contribution in [3.63, 3.8) is 0 Å². The van der Waals surface area contributed by atoms with E-state index >= 15 is 0 Å². The molecule has 0 spiro atoms. The van der Waals surface area contributed by atoms with Gasteiger partial charge in [-0.25, -0.2) is 4.79 Å². The third-order valence-corrected chi connectivity index (χ3v) is 4.51. The fourth-order valence-electron chi connectivity index (χ4n) is 2.59. The van der Waals surface area contributed by atoms with Crippen LogP contribution in [0.1, 0.15) is 51.0 Å². The van der Waals surface area contributed by atoms with Crippen LogP contribution in [0.15, 0.2) is 17.5 Å². The fraction of sp³-hybridized carbons (Fsp3) is 0.588. The molecule has 1 heterocycles. The van der Waals surface area contributed by atoms with Crippen molar-refractivity contribution in [2.24, 2.45) is 5.92 Å². The number of rotatable bonds is 9. The topological polar surface area (TPSA) is 40.5 Å². The zero-order valence-electron chi connectivity index (χ0n) is 13.5. The Bertz CT molecular complexity index is 461. The molecule has 1 rings (SSSR count). The molecule has 0 aliphatic carbocycles. The zero-order chi connectivity index (χ0) is 15.8. The molecule has 1 N–H and O–H groups in total. The minimum Gasteiger partial charge on any atom is -0.478 e. The molecule has 0 radical (unpaired) electrons. The predicted octanol–water partition coefficient (Wildman–Crippen LogP) is 4.49.